The monoisotopic (exact) mass is 594 g/mol. The highest BCUT2D eigenvalue weighted by Crippen LogP contribution is 2.43. The topological polar surface area (TPSA) is 91.3 Å². The van der Waals surface area contributed by atoms with E-state index in [4.69, 9.17) is 18.5 Å². The van der Waals surface area contributed by atoms with Crippen LogP contribution in [0.25, 0.3) is 0 Å². The van der Waals surface area contributed by atoms with Crippen molar-refractivity contribution in [1.29, 1.82) is 0 Å². The van der Waals surface area contributed by atoms with E-state index < -0.39 is 13.9 Å². The third-order valence-corrected chi connectivity index (χ3v) is 7.90. The van der Waals surface area contributed by atoms with Crippen LogP contribution in [-0.2, 0) is 27.9 Å². The Morgan fingerprint density at radius 3 is 1.68 bits per heavy atom. The molecule has 1 unspecified atom stereocenters. The minimum Gasteiger partial charge on any atom is -0.379 e. The number of carbonyl (C=O) groups is 1. The van der Waals surface area contributed by atoms with Gasteiger partial charge in [-0.05, 0) is 19.8 Å². The fourth-order valence-corrected chi connectivity index (χ4v) is 5.07. The molecule has 8 nitrogen and oxygen atoms in total. The van der Waals surface area contributed by atoms with Gasteiger partial charge in [-0.1, -0.05) is 103 Å². The summed E-state index contributed by atoms with van der Waals surface area (Å²) in [6, 6.07) is 0. The Balaban J connectivity index is 3.90. The van der Waals surface area contributed by atoms with Crippen LogP contribution in [0.1, 0.15) is 129 Å². The van der Waals surface area contributed by atoms with E-state index in [0.29, 0.717) is 37.1 Å². The van der Waals surface area contributed by atoms with E-state index in [9.17, 15) is 14.3 Å². The van der Waals surface area contributed by atoms with Crippen molar-refractivity contribution < 1.29 is 37.3 Å². The first-order valence-corrected chi connectivity index (χ1v) is 17.7. The van der Waals surface area contributed by atoms with Gasteiger partial charge in [0.15, 0.2) is 0 Å². The van der Waals surface area contributed by atoms with Crippen LogP contribution in [-0.4, -0.2) is 82.0 Å². The quantitative estimate of drug-likeness (QED) is 0.0496. The second-order valence-electron chi connectivity index (χ2n) is 12.3. The molecule has 0 aliphatic rings. The summed E-state index contributed by atoms with van der Waals surface area (Å²) >= 11 is 0. The van der Waals surface area contributed by atoms with Crippen molar-refractivity contribution in [3.8, 4) is 0 Å². The molecule has 0 bridgehead atoms. The van der Waals surface area contributed by atoms with Crippen molar-refractivity contribution in [2.75, 3.05) is 60.7 Å². The Kier molecular flexibility index (Phi) is 26.1. The molecule has 0 aromatic carbocycles. The number of likely N-dealkylation sites (N-methyl/N-ethyl adjacent to an activating group) is 1. The van der Waals surface area contributed by atoms with Crippen molar-refractivity contribution in [1.82, 2.24) is 0 Å². The molecule has 9 heteroatoms. The molecule has 0 aromatic heterocycles. The number of nitrogens with zero attached hydrogens (tertiary/aromatic N) is 1. The van der Waals surface area contributed by atoms with E-state index in [2.05, 4.69) is 6.92 Å². The van der Waals surface area contributed by atoms with Gasteiger partial charge in [0, 0.05) is 19.6 Å². The number of ether oxygens (including phenoxy) is 2. The Labute approximate surface area is 247 Å². The molecule has 0 spiro atoms. The highest BCUT2D eigenvalue weighted by molar-refractivity contribution is 7.47. The summed E-state index contributed by atoms with van der Waals surface area (Å²) < 4.78 is 34.7. The lowest BCUT2D eigenvalue weighted by atomic mass is 10.0. The Morgan fingerprint density at radius 1 is 0.700 bits per heavy atom. The Bertz CT molecular complexity index is 627. The molecule has 40 heavy (non-hydrogen) atoms. The van der Waals surface area contributed by atoms with Crippen molar-refractivity contribution in [2.45, 2.75) is 136 Å². The number of hydrogen-bond donors (Lipinski definition) is 1. The third-order valence-electron chi connectivity index (χ3n) is 6.91. The van der Waals surface area contributed by atoms with Crippen LogP contribution in [0.2, 0.25) is 0 Å². The largest absolute Gasteiger partial charge is 0.472 e. The predicted octanol–water partition coefficient (Wildman–Crippen LogP) is 7.86. The van der Waals surface area contributed by atoms with Crippen LogP contribution >= 0.6 is 7.82 Å². The van der Waals surface area contributed by atoms with E-state index in [1.54, 1.807) is 6.92 Å². The predicted molar refractivity (Wildman–Crippen MR) is 165 cm³/mol. The van der Waals surface area contributed by atoms with Gasteiger partial charge in [-0.15, -0.1) is 0 Å². The van der Waals surface area contributed by atoms with Gasteiger partial charge >= 0.3 is 7.82 Å². The van der Waals surface area contributed by atoms with Crippen LogP contribution < -0.4 is 0 Å². The van der Waals surface area contributed by atoms with E-state index in [-0.39, 0.29) is 25.6 Å². The van der Waals surface area contributed by atoms with Crippen LogP contribution in [0.3, 0.4) is 0 Å². The van der Waals surface area contributed by atoms with Crippen molar-refractivity contribution in [2.24, 2.45) is 0 Å². The number of phosphoric acid groups is 1. The molecule has 0 amide bonds. The molecule has 0 saturated heterocycles. The van der Waals surface area contributed by atoms with E-state index in [1.165, 1.54) is 89.9 Å². The first-order chi connectivity index (χ1) is 19.1. The molecule has 240 valence electrons. The fourth-order valence-electron chi connectivity index (χ4n) is 4.33. The standard InChI is InChI=1S/C31H64NO7P/c1-6-7-8-9-10-11-12-13-14-15-16-17-18-19-20-21-25-36-28-31(37-26-22-23-30(2)33)29-39-40(34,35)38-27-24-32(3,4)5/h31H,6-29H2,1-5H3/p+1/t31-/m0/s1. The molecular formula is C31H65NO7P+. The van der Waals surface area contributed by atoms with Crippen molar-refractivity contribution in [3.63, 3.8) is 0 Å². The molecular weight excluding hydrogens is 529 g/mol. The molecule has 0 heterocycles. The van der Waals surface area contributed by atoms with Crippen molar-refractivity contribution in [3.05, 3.63) is 0 Å². The molecule has 0 rings (SSSR count). The van der Waals surface area contributed by atoms with Gasteiger partial charge in [0.1, 0.15) is 25.0 Å². The van der Waals surface area contributed by atoms with Crippen molar-refractivity contribution >= 4 is 13.6 Å². The summed E-state index contributed by atoms with van der Waals surface area (Å²) in [7, 11) is 1.78. The van der Waals surface area contributed by atoms with Gasteiger partial charge in [-0.2, -0.15) is 0 Å². The second kappa shape index (κ2) is 26.3. The SMILES string of the molecule is CCCCCCCCCCCCCCCCCCOC[C@@H](COP(=O)(O)OCC[N+](C)(C)C)OCCCC(C)=O. The lowest BCUT2D eigenvalue weighted by Gasteiger charge is -2.24. The van der Waals surface area contributed by atoms with Gasteiger partial charge < -0.3 is 23.6 Å². The first-order valence-electron chi connectivity index (χ1n) is 16.2. The fraction of sp³-hybridized carbons (Fsp3) is 0.968. The zero-order chi connectivity index (χ0) is 30.0. The first kappa shape index (κ1) is 39.7. The second-order valence-corrected chi connectivity index (χ2v) is 13.7. The van der Waals surface area contributed by atoms with Gasteiger partial charge in [-0.3, -0.25) is 9.05 Å². The third kappa shape index (κ3) is 30.6. The van der Waals surface area contributed by atoms with Gasteiger partial charge in [-0.25, -0.2) is 4.57 Å². The maximum Gasteiger partial charge on any atom is 0.472 e. The molecule has 0 aliphatic carbocycles. The zero-order valence-corrected chi connectivity index (χ0v) is 27.7. The number of rotatable bonds is 31. The average Bonchev–Trinajstić information content (AvgIpc) is 2.87. The number of quaternary nitrogens is 1. The molecule has 0 saturated carbocycles. The lowest BCUT2D eigenvalue weighted by Crippen LogP contribution is -2.37. The minimum absolute atomic E-state index is 0.100. The van der Waals surface area contributed by atoms with E-state index in [0.717, 1.165) is 12.8 Å². The average molecular weight is 595 g/mol. The molecule has 1 N–H and O–H groups in total. The highest BCUT2D eigenvalue weighted by atomic mass is 31.2. The summed E-state index contributed by atoms with van der Waals surface area (Å²) in [5.41, 5.74) is 0. The summed E-state index contributed by atoms with van der Waals surface area (Å²) in [6.07, 6.45) is 21.8. The number of unbranched alkanes of at least 4 members (excludes halogenated alkanes) is 15. The maximum absolute atomic E-state index is 12.2. The Hall–Kier alpha value is -0.340. The number of Topliss-reactive ketones (excluding diaryl/α,β-unsaturated/α-hetero) is 1. The minimum atomic E-state index is -4.17. The van der Waals surface area contributed by atoms with Crippen LogP contribution in [0, 0.1) is 0 Å². The maximum atomic E-state index is 12.2. The Morgan fingerprint density at radius 2 is 1.20 bits per heavy atom. The van der Waals surface area contributed by atoms with Gasteiger partial charge in [0.2, 0.25) is 0 Å². The van der Waals surface area contributed by atoms with E-state index >= 15 is 0 Å². The van der Waals surface area contributed by atoms with Crippen LogP contribution in [0.5, 0.6) is 0 Å². The number of hydrogen-bond acceptors (Lipinski definition) is 6. The zero-order valence-electron chi connectivity index (χ0n) is 26.8. The van der Waals surface area contributed by atoms with E-state index in [1.807, 2.05) is 21.1 Å². The summed E-state index contributed by atoms with van der Waals surface area (Å²) in [6.45, 7) is 5.70. The highest BCUT2D eigenvalue weighted by Gasteiger charge is 2.25. The van der Waals surface area contributed by atoms with Crippen LogP contribution in [0.4, 0.5) is 0 Å². The summed E-state index contributed by atoms with van der Waals surface area (Å²) in [5.74, 6) is 0.113. The molecule has 2 atom stereocenters. The normalized spacial score (nSPS) is 14.3. The summed E-state index contributed by atoms with van der Waals surface area (Å²) in [4.78, 5) is 21.2. The molecule has 0 fully saturated rings. The molecule has 0 aliphatic heterocycles. The van der Waals surface area contributed by atoms with Crippen LogP contribution in [0.15, 0.2) is 0 Å². The number of ketones is 1. The smallest absolute Gasteiger partial charge is 0.379 e. The van der Waals surface area contributed by atoms with Gasteiger partial charge in [0.05, 0.1) is 34.4 Å². The summed E-state index contributed by atoms with van der Waals surface area (Å²) in [5, 5.41) is 0. The number of phosphoric ester groups is 1. The molecule has 0 aromatic rings. The lowest BCUT2D eigenvalue weighted by molar-refractivity contribution is -0.870. The van der Waals surface area contributed by atoms with Gasteiger partial charge in [0.25, 0.3) is 0 Å². The molecule has 0 radical (unpaired) electrons. The number of carbonyl (C=O) groups excluding carboxylic acids is 1.